The summed E-state index contributed by atoms with van der Waals surface area (Å²) >= 11 is 0. The third kappa shape index (κ3) is 1.16. The zero-order valence-corrected chi connectivity index (χ0v) is 9.90. The second-order valence-corrected chi connectivity index (χ2v) is 5.01. The molecule has 0 radical (unpaired) electrons. The van der Waals surface area contributed by atoms with Crippen LogP contribution in [0.15, 0.2) is 12.4 Å². The van der Waals surface area contributed by atoms with Gasteiger partial charge in [-0.3, -0.25) is 4.40 Å². The number of hydrogen-bond donors (Lipinski definition) is 1. The normalized spacial score (nSPS) is 19.7. The van der Waals surface area contributed by atoms with E-state index in [-0.39, 0.29) is 5.54 Å². The van der Waals surface area contributed by atoms with Gasteiger partial charge in [0.1, 0.15) is 0 Å². The van der Waals surface area contributed by atoms with Crippen LogP contribution < -0.4 is 5.73 Å². The molecule has 1 aliphatic rings. The Labute approximate surface area is 95.1 Å². The van der Waals surface area contributed by atoms with Gasteiger partial charge < -0.3 is 10.3 Å². The van der Waals surface area contributed by atoms with Crippen molar-refractivity contribution in [3.05, 3.63) is 23.8 Å². The predicted octanol–water partition coefficient (Wildman–Crippen LogP) is 1.71. The van der Waals surface area contributed by atoms with Crippen LogP contribution in [0.25, 0.3) is 5.78 Å². The fourth-order valence-electron chi connectivity index (χ4n) is 2.88. The number of aromatic nitrogens is 3. The van der Waals surface area contributed by atoms with Crippen molar-refractivity contribution in [2.75, 3.05) is 0 Å². The largest absolute Gasteiger partial charge is 0.320 e. The van der Waals surface area contributed by atoms with Crippen LogP contribution in [0.5, 0.6) is 0 Å². The van der Waals surface area contributed by atoms with Gasteiger partial charge in [0.15, 0.2) is 0 Å². The molecular weight excluding hydrogens is 200 g/mol. The minimum atomic E-state index is -0.137. The minimum absolute atomic E-state index is 0.137. The third-order valence-electron chi connectivity index (χ3n) is 3.88. The average molecular weight is 218 g/mol. The molecule has 0 saturated heterocycles. The van der Waals surface area contributed by atoms with E-state index in [1.165, 1.54) is 24.2 Å². The van der Waals surface area contributed by atoms with Gasteiger partial charge in [0, 0.05) is 18.9 Å². The van der Waals surface area contributed by atoms with Gasteiger partial charge in [-0.05, 0) is 19.8 Å². The lowest BCUT2D eigenvalue weighted by Gasteiger charge is -2.23. The Hall–Kier alpha value is -1.29. The second-order valence-electron chi connectivity index (χ2n) is 5.01. The maximum Gasteiger partial charge on any atom is 0.214 e. The van der Waals surface area contributed by atoms with E-state index in [9.17, 15) is 0 Å². The topological polar surface area (TPSA) is 48.2 Å². The van der Waals surface area contributed by atoms with Gasteiger partial charge in [0.25, 0.3) is 0 Å². The molecule has 1 aliphatic carbocycles. The summed E-state index contributed by atoms with van der Waals surface area (Å²) in [7, 11) is 2.06. The number of nitrogens with zero attached hydrogens (tertiary/aromatic N) is 3. The fourth-order valence-corrected chi connectivity index (χ4v) is 2.88. The van der Waals surface area contributed by atoms with Crippen molar-refractivity contribution in [2.24, 2.45) is 12.8 Å². The first-order valence-electron chi connectivity index (χ1n) is 5.90. The van der Waals surface area contributed by atoms with Crippen molar-refractivity contribution in [2.45, 2.75) is 38.1 Å². The van der Waals surface area contributed by atoms with Gasteiger partial charge >= 0.3 is 0 Å². The molecule has 0 bridgehead atoms. The predicted molar refractivity (Wildman–Crippen MR) is 63.2 cm³/mol. The van der Waals surface area contributed by atoms with Crippen molar-refractivity contribution >= 4 is 5.78 Å². The standard InChI is InChI=1S/C12H18N4/c1-9-7-14-11-15(2)10(8-16(9)11)12(13)5-3-4-6-12/h7-8H,3-6,13H2,1-2H3. The highest BCUT2D eigenvalue weighted by Gasteiger charge is 2.34. The molecule has 0 aromatic carbocycles. The molecule has 2 heterocycles. The molecule has 4 heteroatoms. The molecule has 0 unspecified atom stereocenters. The summed E-state index contributed by atoms with van der Waals surface area (Å²) in [5, 5.41) is 0. The number of aryl methyl sites for hydroxylation is 2. The summed E-state index contributed by atoms with van der Waals surface area (Å²) in [5.41, 5.74) is 8.74. The van der Waals surface area contributed by atoms with Crippen molar-refractivity contribution in [1.82, 2.24) is 14.0 Å². The summed E-state index contributed by atoms with van der Waals surface area (Å²) in [5.74, 6) is 0.990. The fraction of sp³-hybridized carbons (Fsp3) is 0.583. The summed E-state index contributed by atoms with van der Waals surface area (Å²) in [6.45, 7) is 2.07. The lowest BCUT2D eigenvalue weighted by Crippen LogP contribution is -2.35. The Kier molecular flexibility index (Phi) is 1.92. The van der Waals surface area contributed by atoms with Crippen LogP contribution in [-0.2, 0) is 12.6 Å². The Balaban J connectivity index is 2.20. The molecule has 1 saturated carbocycles. The van der Waals surface area contributed by atoms with Crippen molar-refractivity contribution in [1.29, 1.82) is 0 Å². The molecule has 1 fully saturated rings. The highest BCUT2D eigenvalue weighted by molar-refractivity contribution is 5.38. The van der Waals surface area contributed by atoms with Crippen LogP contribution in [0, 0.1) is 6.92 Å². The lowest BCUT2D eigenvalue weighted by molar-refractivity contribution is 0.434. The van der Waals surface area contributed by atoms with Gasteiger partial charge in [0.2, 0.25) is 5.78 Å². The Morgan fingerprint density at radius 1 is 1.38 bits per heavy atom. The molecule has 0 atom stereocenters. The summed E-state index contributed by atoms with van der Waals surface area (Å²) < 4.78 is 4.26. The molecule has 3 rings (SSSR count). The molecule has 86 valence electrons. The van der Waals surface area contributed by atoms with E-state index >= 15 is 0 Å². The number of rotatable bonds is 1. The smallest absolute Gasteiger partial charge is 0.214 e. The molecule has 2 aromatic rings. The summed E-state index contributed by atoms with van der Waals surface area (Å²) in [4.78, 5) is 4.41. The van der Waals surface area contributed by atoms with E-state index < -0.39 is 0 Å². The molecule has 0 aliphatic heterocycles. The molecule has 0 amide bonds. The Morgan fingerprint density at radius 3 is 2.69 bits per heavy atom. The first-order chi connectivity index (χ1) is 7.62. The lowest BCUT2D eigenvalue weighted by atomic mass is 9.95. The average Bonchev–Trinajstić information content (AvgIpc) is 2.89. The molecule has 0 spiro atoms. The highest BCUT2D eigenvalue weighted by Crippen LogP contribution is 2.36. The van der Waals surface area contributed by atoms with Crippen LogP contribution in [0.1, 0.15) is 37.1 Å². The minimum Gasteiger partial charge on any atom is -0.320 e. The first-order valence-corrected chi connectivity index (χ1v) is 5.90. The first kappa shape index (κ1) is 9.90. The van der Waals surface area contributed by atoms with E-state index in [0.717, 1.165) is 18.6 Å². The summed E-state index contributed by atoms with van der Waals surface area (Å²) in [6, 6.07) is 0. The Morgan fingerprint density at radius 2 is 2.06 bits per heavy atom. The van der Waals surface area contributed by atoms with Crippen LogP contribution in [0.3, 0.4) is 0 Å². The molecule has 4 nitrogen and oxygen atoms in total. The van der Waals surface area contributed by atoms with E-state index in [1.54, 1.807) is 0 Å². The van der Waals surface area contributed by atoms with E-state index in [1.807, 2.05) is 6.20 Å². The van der Waals surface area contributed by atoms with Gasteiger partial charge in [-0.2, -0.15) is 0 Å². The number of fused-ring (bicyclic) bond motifs is 1. The van der Waals surface area contributed by atoms with E-state index in [0.29, 0.717) is 0 Å². The van der Waals surface area contributed by atoms with Crippen molar-refractivity contribution < 1.29 is 0 Å². The maximum absolute atomic E-state index is 6.49. The van der Waals surface area contributed by atoms with Crippen LogP contribution in [-0.4, -0.2) is 14.0 Å². The summed E-state index contributed by atoms with van der Waals surface area (Å²) in [6.07, 6.45) is 8.71. The SMILES string of the molecule is Cc1cnc2n(C)c(C3(N)CCCC3)cn12. The molecular formula is C12H18N4. The van der Waals surface area contributed by atoms with E-state index in [2.05, 4.69) is 34.1 Å². The zero-order valence-electron chi connectivity index (χ0n) is 9.90. The van der Waals surface area contributed by atoms with Crippen LogP contribution in [0.4, 0.5) is 0 Å². The molecule has 2 aromatic heterocycles. The molecule has 16 heavy (non-hydrogen) atoms. The monoisotopic (exact) mass is 218 g/mol. The molecule has 2 N–H and O–H groups in total. The number of hydrogen-bond acceptors (Lipinski definition) is 2. The van der Waals surface area contributed by atoms with Crippen LogP contribution >= 0.6 is 0 Å². The van der Waals surface area contributed by atoms with Crippen molar-refractivity contribution in [3.8, 4) is 0 Å². The third-order valence-corrected chi connectivity index (χ3v) is 3.88. The second kappa shape index (κ2) is 3.10. The van der Waals surface area contributed by atoms with Gasteiger partial charge in [-0.1, -0.05) is 12.8 Å². The van der Waals surface area contributed by atoms with E-state index in [4.69, 9.17) is 5.73 Å². The Bertz CT molecular complexity index is 528. The van der Waals surface area contributed by atoms with Gasteiger partial charge in [-0.25, -0.2) is 4.98 Å². The maximum atomic E-state index is 6.49. The quantitative estimate of drug-likeness (QED) is 0.792. The van der Waals surface area contributed by atoms with Crippen molar-refractivity contribution in [3.63, 3.8) is 0 Å². The number of nitrogens with two attached hydrogens (primary N) is 1. The van der Waals surface area contributed by atoms with Gasteiger partial charge in [0.05, 0.1) is 17.4 Å². The van der Waals surface area contributed by atoms with Gasteiger partial charge in [-0.15, -0.1) is 0 Å². The number of imidazole rings is 2. The zero-order chi connectivity index (χ0) is 11.3. The highest BCUT2D eigenvalue weighted by atomic mass is 15.2. The van der Waals surface area contributed by atoms with Crippen LogP contribution in [0.2, 0.25) is 0 Å².